The van der Waals surface area contributed by atoms with E-state index in [4.69, 9.17) is 11.6 Å². The second-order valence-corrected chi connectivity index (χ2v) is 10.5. The predicted molar refractivity (Wildman–Crippen MR) is 113 cm³/mol. The summed E-state index contributed by atoms with van der Waals surface area (Å²) in [6.07, 6.45) is 0.546. The molecule has 156 valence electrons. The van der Waals surface area contributed by atoms with Gasteiger partial charge in [-0.3, -0.25) is 4.79 Å². The van der Waals surface area contributed by atoms with Gasteiger partial charge >= 0.3 is 0 Å². The second kappa shape index (κ2) is 9.47. The Balaban J connectivity index is 1.63. The molecule has 2 aromatic carbocycles. The lowest BCUT2D eigenvalue weighted by molar-refractivity contribution is -0.130. The summed E-state index contributed by atoms with van der Waals surface area (Å²) >= 11 is 7.34. The monoisotopic (exact) mass is 456 g/mol. The van der Waals surface area contributed by atoms with Crippen LogP contribution in [0.1, 0.15) is 13.3 Å². The Hall–Kier alpha value is -1.61. The van der Waals surface area contributed by atoms with Crippen molar-refractivity contribution in [3.05, 3.63) is 59.4 Å². The number of nitrogens with zero attached hydrogens (tertiary/aromatic N) is 2. The first kappa shape index (κ1) is 22.1. The quantitative estimate of drug-likeness (QED) is 0.640. The van der Waals surface area contributed by atoms with Gasteiger partial charge in [0.1, 0.15) is 5.82 Å². The van der Waals surface area contributed by atoms with E-state index in [0.29, 0.717) is 31.1 Å². The molecule has 0 spiro atoms. The first-order valence-electron chi connectivity index (χ1n) is 9.24. The standard InChI is InChI=1S/C20H22ClFN2O3S2/c1-15(28-18-7-3-16(21)4-8-18)20(25)23-11-2-12-24(14-13-23)29(26,27)19-9-5-17(22)6-10-19/h3-10,15H,2,11-14H2,1H3. The summed E-state index contributed by atoms with van der Waals surface area (Å²) in [4.78, 5) is 15.6. The summed E-state index contributed by atoms with van der Waals surface area (Å²) in [6, 6.07) is 12.1. The lowest BCUT2D eigenvalue weighted by Crippen LogP contribution is -2.40. The number of amides is 1. The maximum Gasteiger partial charge on any atom is 0.243 e. The van der Waals surface area contributed by atoms with Gasteiger partial charge in [0.15, 0.2) is 0 Å². The summed E-state index contributed by atoms with van der Waals surface area (Å²) in [5.74, 6) is -0.505. The number of thioether (sulfide) groups is 1. The zero-order valence-electron chi connectivity index (χ0n) is 15.9. The first-order valence-corrected chi connectivity index (χ1v) is 11.9. The van der Waals surface area contributed by atoms with Crippen LogP contribution in [-0.2, 0) is 14.8 Å². The van der Waals surface area contributed by atoms with Crippen LogP contribution in [0.2, 0.25) is 5.02 Å². The highest BCUT2D eigenvalue weighted by Crippen LogP contribution is 2.26. The Morgan fingerprint density at radius 1 is 1.03 bits per heavy atom. The van der Waals surface area contributed by atoms with E-state index < -0.39 is 15.8 Å². The molecule has 0 saturated carbocycles. The van der Waals surface area contributed by atoms with E-state index in [1.54, 1.807) is 17.0 Å². The van der Waals surface area contributed by atoms with Gasteiger partial charge in [-0.15, -0.1) is 11.8 Å². The van der Waals surface area contributed by atoms with Gasteiger partial charge in [0.25, 0.3) is 0 Å². The Bertz CT molecular complexity index is 953. The van der Waals surface area contributed by atoms with Crippen LogP contribution in [0.15, 0.2) is 58.3 Å². The molecule has 0 N–H and O–H groups in total. The van der Waals surface area contributed by atoms with Crippen molar-refractivity contribution in [3.8, 4) is 0 Å². The molecule has 1 saturated heterocycles. The molecule has 0 aromatic heterocycles. The number of benzene rings is 2. The highest BCUT2D eigenvalue weighted by Gasteiger charge is 2.29. The van der Waals surface area contributed by atoms with Crippen LogP contribution in [0.4, 0.5) is 4.39 Å². The minimum absolute atomic E-state index is 0.0222. The Morgan fingerprint density at radius 2 is 1.69 bits per heavy atom. The maximum absolute atomic E-state index is 13.1. The largest absolute Gasteiger partial charge is 0.340 e. The van der Waals surface area contributed by atoms with E-state index in [1.807, 2.05) is 19.1 Å². The average molecular weight is 457 g/mol. The fourth-order valence-corrected chi connectivity index (χ4v) is 5.68. The van der Waals surface area contributed by atoms with Crippen molar-refractivity contribution in [3.63, 3.8) is 0 Å². The van der Waals surface area contributed by atoms with E-state index in [2.05, 4.69) is 0 Å². The zero-order valence-corrected chi connectivity index (χ0v) is 18.3. The summed E-state index contributed by atoms with van der Waals surface area (Å²) in [6.45, 7) is 3.20. The molecule has 2 aromatic rings. The van der Waals surface area contributed by atoms with Crippen molar-refractivity contribution in [1.82, 2.24) is 9.21 Å². The van der Waals surface area contributed by atoms with Crippen molar-refractivity contribution in [2.45, 2.75) is 28.4 Å². The van der Waals surface area contributed by atoms with E-state index in [-0.39, 0.29) is 22.6 Å². The average Bonchev–Trinajstić information content (AvgIpc) is 2.96. The number of hydrogen-bond donors (Lipinski definition) is 0. The fraction of sp³-hybridized carbons (Fsp3) is 0.350. The minimum atomic E-state index is -3.71. The molecule has 5 nitrogen and oxygen atoms in total. The smallest absolute Gasteiger partial charge is 0.243 e. The zero-order chi connectivity index (χ0) is 21.0. The summed E-state index contributed by atoms with van der Waals surface area (Å²) in [5, 5.41) is 0.347. The van der Waals surface area contributed by atoms with Crippen LogP contribution in [0.25, 0.3) is 0 Å². The Morgan fingerprint density at radius 3 is 2.34 bits per heavy atom. The number of hydrogen-bond acceptors (Lipinski definition) is 4. The van der Waals surface area contributed by atoms with Crippen LogP contribution < -0.4 is 0 Å². The number of halogens is 2. The van der Waals surface area contributed by atoms with Crippen molar-refractivity contribution in [2.24, 2.45) is 0 Å². The molecule has 29 heavy (non-hydrogen) atoms. The SMILES string of the molecule is CC(Sc1ccc(Cl)cc1)C(=O)N1CCCN(S(=O)(=O)c2ccc(F)cc2)CC1. The Kier molecular flexibility index (Phi) is 7.21. The third-order valence-corrected chi connectivity index (χ3v) is 7.96. The first-order chi connectivity index (χ1) is 13.8. The lowest BCUT2D eigenvalue weighted by Gasteiger charge is -2.24. The molecule has 9 heteroatoms. The molecule has 1 amide bonds. The fourth-order valence-electron chi connectivity index (χ4n) is 3.13. The molecule has 0 bridgehead atoms. The van der Waals surface area contributed by atoms with Crippen LogP contribution in [0.5, 0.6) is 0 Å². The van der Waals surface area contributed by atoms with Gasteiger partial charge in [0, 0.05) is 36.1 Å². The van der Waals surface area contributed by atoms with E-state index in [1.165, 1.54) is 28.2 Å². The number of rotatable bonds is 5. The molecular formula is C20H22ClFN2O3S2. The molecular weight excluding hydrogens is 435 g/mol. The normalized spacial score (nSPS) is 17.0. The molecule has 3 rings (SSSR count). The van der Waals surface area contributed by atoms with E-state index in [9.17, 15) is 17.6 Å². The highest BCUT2D eigenvalue weighted by molar-refractivity contribution is 8.00. The van der Waals surface area contributed by atoms with Gasteiger partial charge in [-0.1, -0.05) is 11.6 Å². The highest BCUT2D eigenvalue weighted by atomic mass is 35.5. The van der Waals surface area contributed by atoms with Gasteiger partial charge < -0.3 is 4.90 Å². The summed E-state index contributed by atoms with van der Waals surface area (Å²) < 4.78 is 40.1. The minimum Gasteiger partial charge on any atom is -0.340 e. The topological polar surface area (TPSA) is 57.7 Å². The Labute approximate surface area is 179 Å². The van der Waals surface area contributed by atoms with Gasteiger partial charge in [-0.25, -0.2) is 12.8 Å². The van der Waals surface area contributed by atoms with Crippen molar-refractivity contribution < 1.29 is 17.6 Å². The van der Waals surface area contributed by atoms with Crippen LogP contribution in [0.3, 0.4) is 0 Å². The molecule has 1 aliphatic rings. The molecule has 1 atom stereocenters. The number of sulfonamides is 1. The summed E-state index contributed by atoms with van der Waals surface area (Å²) in [5.41, 5.74) is 0. The van der Waals surface area contributed by atoms with Gasteiger partial charge in [-0.2, -0.15) is 4.31 Å². The lowest BCUT2D eigenvalue weighted by atomic mass is 10.3. The molecule has 1 fully saturated rings. The van der Waals surface area contributed by atoms with Crippen molar-refractivity contribution in [2.75, 3.05) is 26.2 Å². The molecule has 1 heterocycles. The van der Waals surface area contributed by atoms with E-state index >= 15 is 0 Å². The molecule has 1 aliphatic heterocycles. The second-order valence-electron chi connectivity index (χ2n) is 6.75. The predicted octanol–water partition coefficient (Wildman–Crippen LogP) is 3.88. The molecule has 0 aliphatic carbocycles. The van der Waals surface area contributed by atoms with Crippen LogP contribution in [-0.4, -0.2) is 55.0 Å². The van der Waals surface area contributed by atoms with Crippen molar-refractivity contribution >= 4 is 39.3 Å². The summed E-state index contributed by atoms with van der Waals surface area (Å²) in [7, 11) is -3.71. The van der Waals surface area contributed by atoms with Crippen molar-refractivity contribution in [1.29, 1.82) is 0 Å². The van der Waals surface area contributed by atoms with Crippen LogP contribution >= 0.6 is 23.4 Å². The number of carbonyl (C=O) groups is 1. The van der Waals surface area contributed by atoms with E-state index in [0.717, 1.165) is 17.0 Å². The third kappa shape index (κ3) is 5.51. The van der Waals surface area contributed by atoms with Gasteiger partial charge in [0.05, 0.1) is 10.1 Å². The molecule has 1 unspecified atom stereocenters. The van der Waals surface area contributed by atoms with Gasteiger partial charge in [0.2, 0.25) is 15.9 Å². The maximum atomic E-state index is 13.1. The third-order valence-electron chi connectivity index (χ3n) is 4.69. The van der Waals surface area contributed by atoms with Gasteiger partial charge in [-0.05, 0) is 61.9 Å². The molecule has 0 radical (unpaired) electrons. The van der Waals surface area contributed by atoms with Crippen LogP contribution in [0, 0.1) is 5.82 Å². The number of carbonyl (C=O) groups excluding carboxylic acids is 1.